The summed E-state index contributed by atoms with van der Waals surface area (Å²) in [6, 6.07) is 11.1. The Bertz CT molecular complexity index is 788. The molecule has 0 saturated heterocycles. The fourth-order valence-electron chi connectivity index (χ4n) is 2.44. The van der Waals surface area contributed by atoms with Crippen LogP contribution in [0.3, 0.4) is 0 Å². The molecule has 26 heavy (non-hydrogen) atoms. The minimum absolute atomic E-state index is 0.0735. The lowest BCUT2D eigenvalue weighted by atomic mass is 10.1. The van der Waals surface area contributed by atoms with Crippen molar-refractivity contribution in [2.75, 3.05) is 13.7 Å². The first kappa shape index (κ1) is 19.3. The number of carbonyl (C=O) groups is 2. The van der Waals surface area contributed by atoms with Crippen LogP contribution in [0.1, 0.15) is 52.6 Å². The van der Waals surface area contributed by atoms with Crippen LogP contribution in [0.25, 0.3) is 0 Å². The number of methoxy groups -OCH3 is 1. The third kappa shape index (κ3) is 4.75. The van der Waals surface area contributed by atoms with E-state index in [1.54, 1.807) is 19.2 Å². The lowest BCUT2D eigenvalue weighted by Crippen LogP contribution is -2.26. The van der Waals surface area contributed by atoms with Gasteiger partial charge in [0.05, 0.1) is 25.3 Å². The number of carbonyl (C=O) groups excluding carboxylic acids is 1. The molecular formula is C20H23NO5. The fraction of sp³-hybridized carbons (Fsp3) is 0.300. The van der Waals surface area contributed by atoms with Crippen molar-refractivity contribution < 1.29 is 24.2 Å². The number of benzene rings is 2. The summed E-state index contributed by atoms with van der Waals surface area (Å²) in [5.74, 6) is -0.151. The Kier molecular flexibility index (Phi) is 6.60. The molecule has 0 spiro atoms. The number of hydrogen-bond acceptors (Lipinski definition) is 4. The monoisotopic (exact) mass is 357 g/mol. The van der Waals surface area contributed by atoms with Crippen LogP contribution in [-0.2, 0) is 0 Å². The van der Waals surface area contributed by atoms with E-state index in [1.807, 2.05) is 32.0 Å². The zero-order valence-corrected chi connectivity index (χ0v) is 15.1. The zero-order chi connectivity index (χ0) is 19.1. The SMILES string of the molecule is CCCOc1ccc(C(C)NC(=O)c2cccc(C(=O)O)c2)cc1OC. The van der Waals surface area contributed by atoms with Gasteiger partial charge in [-0.3, -0.25) is 4.79 Å². The van der Waals surface area contributed by atoms with Crippen molar-refractivity contribution in [1.82, 2.24) is 5.32 Å². The number of hydrogen-bond donors (Lipinski definition) is 2. The Morgan fingerprint density at radius 2 is 1.85 bits per heavy atom. The molecule has 1 atom stereocenters. The van der Waals surface area contributed by atoms with Gasteiger partial charge < -0.3 is 19.9 Å². The molecule has 6 nitrogen and oxygen atoms in total. The molecule has 138 valence electrons. The van der Waals surface area contributed by atoms with E-state index >= 15 is 0 Å². The molecule has 0 saturated carbocycles. The van der Waals surface area contributed by atoms with E-state index in [1.165, 1.54) is 12.1 Å². The van der Waals surface area contributed by atoms with E-state index in [2.05, 4.69) is 5.32 Å². The maximum absolute atomic E-state index is 12.4. The molecule has 2 rings (SSSR count). The highest BCUT2D eigenvalue weighted by Crippen LogP contribution is 2.30. The molecule has 0 aromatic heterocycles. The third-order valence-electron chi connectivity index (χ3n) is 3.87. The molecule has 0 aliphatic rings. The smallest absolute Gasteiger partial charge is 0.335 e. The summed E-state index contributed by atoms with van der Waals surface area (Å²) in [5, 5.41) is 11.9. The second-order valence-corrected chi connectivity index (χ2v) is 5.84. The number of nitrogens with one attached hydrogen (secondary N) is 1. The molecule has 1 unspecified atom stereocenters. The minimum atomic E-state index is -1.07. The fourth-order valence-corrected chi connectivity index (χ4v) is 2.44. The Hall–Kier alpha value is -3.02. The van der Waals surface area contributed by atoms with Gasteiger partial charge in [0.15, 0.2) is 11.5 Å². The predicted molar refractivity (Wildman–Crippen MR) is 98.1 cm³/mol. The molecular weight excluding hydrogens is 334 g/mol. The minimum Gasteiger partial charge on any atom is -0.493 e. The Morgan fingerprint density at radius 1 is 1.12 bits per heavy atom. The van der Waals surface area contributed by atoms with Crippen molar-refractivity contribution in [2.24, 2.45) is 0 Å². The first-order valence-electron chi connectivity index (χ1n) is 8.41. The van der Waals surface area contributed by atoms with Crippen LogP contribution >= 0.6 is 0 Å². The quantitative estimate of drug-likeness (QED) is 0.753. The molecule has 1 amide bonds. The Morgan fingerprint density at radius 3 is 2.50 bits per heavy atom. The Balaban J connectivity index is 2.13. The van der Waals surface area contributed by atoms with E-state index in [-0.39, 0.29) is 17.5 Å². The van der Waals surface area contributed by atoms with Crippen molar-refractivity contribution in [3.8, 4) is 11.5 Å². The molecule has 0 aliphatic heterocycles. The van der Waals surface area contributed by atoms with Crippen molar-refractivity contribution in [1.29, 1.82) is 0 Å². The average Bonchev–Trinajstić information content (AvgIpc) is 2.66. The highest BCUT2D eigenvalue weighted by molar-refractivity contribution is 5.97. The second-order valence-electron chi connectivity index (χ2n) is 5.84. The Labute approximate surface area is 152 Å². The highest BCUT2D eigenvalue weighted by Gasteiger charge is 2.15. The first-order valence-corrected chi connectivity index (χ1v) is 8.41. The molecule has 2 aromatic rings. The average molecular weight is 357 g/mol. The van der Waals surface area contributed by atoms with Crippen LogP contribution < -0.4 is 14.8 Å². The lowest BCUT2D eigenvalue weighted by Gasteiger charge is -2.17. The summed E-state index contributed by atoms with van der Waals surface area (Å²) in [4.78, 5) is 23.4. The number of rotatable bonds is 8. The van der Waals surface area contributed by atoms with Crippen LogP contribution in [0.4, 0.5) is 0 Å². The van der Waals surface area contributed by atoms with E-state index in [0.29, 0.717) is 23.7 Å². The van der Waals surface area contributed by atoms with Crippen molar-refractivity contribution in [3.05, 3.63) is 59.2 Å². The van der Waals surface area contributed by atoms with E-state index in [0.717, 1.165) is 12.0 Å². The normalized spacial score (nSPS) is 11.5. The number of carboxylic acid groups (broad SMARTS) is 1. The van der Waals surface area contributed by atoms with Crippen LogP contribution in [-0.4, -0.2) is 30.7 Å². The van der Waals surface area contributed by atoms with Gasteiger partial charge in [-0.25, -0.2) is 4.79 Å². The largest absolute Gasteiger partial charge is 0.493 e. The van der Waals surface area contributed by atoms with Crippen LogP contribution in [0.15, 0.2) is 42.5 Å². The molecule has 0 fully saturated rings. The summed E-state index contributed by atoms with van der Waals surface area (Å²) in [6.07, 6.45) is 0.896. The van der Waals surface area contributed by atoms with Gasteiger partial charge in [0.2, 0.25) is 0 Å². The van der Waals surface area contributed by atoms with E-state index < -0.39 is 5.97 Å². The predicted octanol–water partition coefficient (Wildman–Crippen LogP) is 3.67. The third-order valence-corrected chi connectivity index (χ3v) is 3.87. The van der Waals surface area contributed by atoms with Gasteiger partial charge in [-0.15, -0.1) is 0 Å². The molecule has 2 N–H and O–H groups in total. The molecule has 6 heteroatoms. The highest BCUT2D eigenvalue weighted by atomic mass is 16.5. The summed E-state index contributed by atoms with van der Waals surface area (Å²) < 4.78 is 11.0. The molecule has 0 bridgehead atoms. The zero-order valence-electron chi connectivity index (χ0n) is 15.1. The van der Waals surface area contributed by atoms with Crippen molar-refractivity contribution in [2.45, 2.75) is 26.3 Å². The summed E-state index contributed by atoms with van der Waals surface area (Å²) in [7, 11) is 1.57. The lowest BCUT2D eigenvalue weighted by molar-refractivity contribution is 0.0697. The summed E-state index contributed by atoms with van der Waals surface area (Å²) >= 11 is 0. The van der Waals surface area contributed by atoms with Gasteiger partial charge in [-0.05, 0) is 49.2 Å². The van der Waals surface area contributed by atoms with Gasteiger partial charge in [0, 0.05) is 5.56 Å². The maximum atomic E-state index is 12.4. The molecule has 0 aliphatic carbocycles. The summed E-state index contributed by atoms with van der Waals surface area (Å²) in [6.45, 7) is 4.47. The standard InChI is InChI=1S/C20H23NO5/c1-4-10-26-17-9-8-14(12-18(17)25-3)13(2)21-19(22)15-6-5-7-16(11-15)20(23)24/h5-9,11-13H,4,10H2,1-3H3,(H,21,22)(H,23,24). The van der Waals surface area contributed by atoms with E-state index in [9.17, 15) is 9.59 Å². The number of carboxylic acids is 1. The van der Waals surface area contributed by atoms with Crippen molar-refractivity contribution in [3.63, 3.8) is 0 Å². The van der Waals surface area contributed by atoms with Gasteiger partial charge in [-0.2, -0.15) is 0 Å². The van der Waals surface area contributed by atoms with Gasteiger partial charge in [0.25, 0.3) is 5.91 Å². The van der Waals surface area contributed by atoms with Crippen molar-refractivity contribution >= 4 is 11.9 Å². The molecule has 2 aromatic carbocycles. The van der Waals surface area contributed by atoms with Gasteiger partial charge in [0.1, 0.15) is 0 Å². The topological polar surface area (TPSA) is 84.9 Å². The number of ether oxygens (including phenoxy) is 2. The van der Waals surface area contributed by atoms with Gasteiger partial charge in [-0.1, -0.05) is 19.1 Å². The van der Waals surface area contributed by atoms with Gasteiger partial charge >= 0.3 is 5.97 Å². The second kappa shape index (κ2) is 8.89. The summed E-state index contributed by atoms with van der Waals surface area (Å²) in [5.41, 5.74) is 1.23. The molecule has 0 heterocycles. The van der Waals surface area contributed by atoms with Crippen LogP contribution in [0, 0.1) is 0 Å². The maximum Gasteiger partial charge on any atom is 0.335 e. The van der Waals surface area contributed by atoms with Crippen LogP contribution in [0.2, 0.25) is 0 Å². The van der Waals surface area contributed by atoms with Crippen LogP contribution in [0.5, 0.6) is 11.5 Å². The number of amides is 1. The van der Waals surface area contributed by atoms with E-state index in [4.69, 9.17) is 14.6 Å². The molecule has 0 radical (unpaired) electrons. The first-order chi connectivity index (χ1) is 12.5. The number of aromatic carboxylic acids is 1.